The molecule has 2 rings (SSSR count). The Bertz CT molecular complexity index is 193. The van der Waals surface area contributed by atoms with Gasteiger partial charge in [0.05, 0.1) is 5.37 Å². The number of halogens is 1. The maximum absolute atomic E-state index is 5.94. The molecular weight excluding hydrogens is 178 g/mol. The van der Waals surface area contributed by atoms with E-state index in [0.29, 0.717) is 11.4 Å². The van der Waals surface area contributed by atoms with E-state index in [1.54, 1.807) is 0 Å². The number of hydrogen-bond donors (Lipinski definition) is 1. The molecule has 1 heterocycles. The molecule has 0 aromatic carbocycles. The largest absolute Gasteiger partial charge is 0.301 e. The minimum Gasteiger partial charge on any atom is -0.301 e. The van der Waals surface area contributed by atoms with Gasteiger partial charge in [0.25, 0.3) is 0 Å². The van der Waals surface area contributed by atoms with Crippen LogP contribution in [0.2, 0.25) is 0 Å². The molecule has 1 nitrogen and oxygen atoms in total. The highest BCUT2D eigenvalue weighted by Crippen LogP contribution is 2.36. The van der Waals surface area contributed by atoms with Crippen molar-refractivity contribution in [1.29, 1.82) is 0 Å². The molecule has 1 aliphatic carbocycles. The topological polar surface area (TPSA) is 12.0 Å². The number of hydrogen-bond acceptors (Lipinski definition) is 2. The molecule has 0 unspecified atom stereocenters. The van der Waals surface area contributed by atoms with Crippen LogP contribution in [0.15, 0.2) is 11.1 Å². The summed E-state index contributed by atoms with van der Waals surface area (Å²) in [6.07, 6.45) is 4.34. The summed E-state index contributed by atoms with van der Waals surface area (Å²) in [7, 11) is 0. The SMILES string of the molecule is C[C@@H]1N[C@@H]2CC(Cl)=CC[C@@H]2S1. The average Bonchev–Trinajstić information content (AvgIpc) is 2.27. The summed E-state index contributed by atoms with van der Waals surface area (Å²) in [4.78, 5) is 0. The molecule has 62 valence electrons. The highest BCUT2D eigenvalue weighted by molar-refractivity contribution is 8.00. The molecule has 0 amide bonds. The predicted octanol–water partition coefficient (Wildman–Crippen LogP) is 2.32. The zero-order valence-corrected chi connectivity index (χ0v) is 8.08. The van der Waals surface area contributed by atoms with Gasteiger partial charge in [-0.3, -0.25) is 0 Å². The summed E-state index contributed by atoms with van der Waals surface area (Å²) in [5, 5.41) is 5.94. The summed E-state index contributed by atoms with van der Waals surface area (Å²) >= 11 is 7.98. The van der Waals surface area contributed by atoms with Gasteiger partial charge < -0.3 is 5.32 Å². The van der Waals surface area contributed by atoms with E-state index in [-0.39, 0.29) is 0 Å². The lowest BCUT2D eigenvalue weighted by Gasteiger charge is -2.21. The maximum Gasteiger partial charge on any atom is 0.0509 e. The van der Waals surface area contributed by atoms with Crippen LogP contribution in [0.3, 0.4) is 0 Å². The van der Waals surface area contributed by atoms with Crippen LogP contribution in [-0.4, -0.2) is 16.7 Å². The van der Waals surface area contributed by atoms with E-state index in [2.05, 4.69) is 18.3 Å². The minimum absolute atomic E-state index is 0.612. The Labute approximate surface area is 76.6 Å². The van der Waals surface area contributed by atoms with Crippen LogP contribution in [0.25, 0.3) is 0 Å². The monoisotopic (exact) mass is 189 g/mol. The molecule has 1 fully saturated rings. The number of rotatable bonds is 0. The third kappa shape index (κ3) is 1.58. The van der Waals surface area contributed by atoms with Gasteiger partial charge >= 0.3 is 0 Å². The number of fused-ring (bicyclic) bond motifs is 1. The Morgan fingerprint density at radius 3 is 3.36 bits per heavy atom. The number of allylic oxidation sites excluding steroid dienone is 1. The fourth-order valence-corrected chi connectivity index (χ4v) is 3.36. The van der Waals surface area contributed by atoms with Crippen molar-refractivity contribution in [3.63, 3.8) is 0 Å². The Morgan fingerprint density at radius 2 is 2.55 bits per heavy atom. The second-order valence-corrected chi connectivity index (χ2v) is 5.25. The molecule has 0 bridgehead atoms. The van der Waals surface area contributed by atoms with Gasteiger partial charge in [0.15, 0.2) is 0 Å². The zero-order chi connectivity index (χ0) is 7.84. The molecule has 0 aromatic heterocycles. The number of nitrogens with one attached hydrogen (secondary N) is 1. The van der Waals surface area contributed by atoms with Crippen LogP contribution in [0.5, 0.6) is 0 Å². The van der Waals surface area contributed by atoms with Gasteiger partial charge in [0.1, 0.15) is 0 Å². The number of thioether (sulfide) groups is 1. The van der Waals surface area contributed by atoms with E-state index >= 15 is 0 Å². The third-order valence-corrected chi connectivity index (χ3v) is 3.99. The lowest BCUT2D eigenvalue weighted by molar-refractivity contribution is 0.514. The summed E-state index contributed by atoms with van der Waals surface area (Å²) in [6, 6.07) is 0.632. The Kier molecular flexibility index (Phi) is 2.17. The molecular formula is C8H12ClNS. The van der Waals surface area contributed by atoms with E-state index in [1.807, 2.05) is 11.8 Å². The van der Waals surface area contributed by atoms with Crippen LogP contribution >= 0.6 is 23.4 Å². The first-order valence-electron chi connectivity index (χ1n) is 4.02. The van der Waals surface area contributed by atoms with Crippen molar-refractivity contribution in [2.24, 2.45) is 0 Å². The minimum atomic E-state index is 0.612. The van der Waals surface area contributed by atoms with E-state index in [4.69, 9.17) is 11.6 Å². The van der Waals surface area contributed by atoms with Crippen molar-refractivity contribution < 1.29 is 0 Å². The van der Waals surface area contributed by atoms with Crippen molar-refractivity contribution >= 4 is 23.4 Å². The smallest absolute Gasteiger partial charge is 0.0509 e. The molecule has 2 aliphatic rings. The standard InChI is InChI=1S/C8H12ClNS/c1-5-10-7-4-6(9)2-3-8(7)11-5/h2,5,7-8,10H,3-4H2,1H3/t5-,7-,8+/m1/s1. The lowest BCUT2D eigenvalue weighted by atomic mass is 10.0. The first-order chi connectivity index (χ1) is 5.25. The normalized spacial score (nSPS) is 43.5. The second kappa shape index (κ2) is 3.00. The molecule has 0 saturated carbocycles. The van der Waals surface area contributed by atoms with Crippen LogP contribution in [0.1, 0.15) is 19.8 Å². The van der Waals surface area contributed by atoms with Crippen LogP contribution in [-0.2, 0) is 0 Å². The predicted molar refractivity (Wildman–Crippen MR) is 50.9 cm³/mol. The van der Waals surface area contributed by atoms with Crippen molar-refractivity contribution in [1.82, 2.24) is 5.32 Å². The molecule has 0 radical (unpaired) electrons. The van der Waals surface area contributed by atoms with Crippen molar-refractivity contribution in [2.75, 3.05) is 0 Å². The van der Waals surface area contributed by atoms with E-state index < -0.39 is 0 Å². The molecule has 11 heavy (non-hydrogen) atoms. The molecule has 3 atom stereocenters. The van der Waals surface area contributed by atoms with Crippen molar-refractivity contribution in [3.05, 3.63) is 11.1 Å². The fraction of sp³-hybridized carbons (Fsp3) is 0.750. The first kappa shape index (κ1) is 7.96. The summed E-state index contributed by atoms with van der Waals surface area (Å²) in [5.41, 5.74) is 0. The maximum atomic E-state index is 5.94. The van der Waals surface area contributed by atoms with E-state index in [9.17, 15) is 0 Å². The highest BCUT2D eigenvalue weighted by Gasteiger charge is 2.33. The average molecular weight is 190 g/mol. The van der Waals surface area contributed by atoms with E-state index in [1.165, 1.54) is 0 Å². The molecule has 0 spiro atoms. The summed E-state index contributed by atoms with van der Waals surface area (Å²) < 4.78 is 0. The summed E-state index contributed by atoms with van der Waals surface area (Å²) in [5.74, 6) is 0. The second-order valence-electron chi connectivity index (χ2n) is 3.18. The molecule has 1 saturated heterocycles. The quantitative estimate of drug-likeness (QED) is 0.628. The van der Waals surface area contributed by atoms with Gasteiger partial charge in [-0.05, 0) is 19.8 Å². The van der Waals surface area contributed by atoms with Crippen molar-refractivity contribution in [3.8, 4) is 0 Å². The lowest BCUT2D eigenvalue weighted by Crippen LogP contribution is -2.33. The van der Waals surface area contributed by atoms with Crippen LogP contribution in [0.4, 0.5) is 0 Å². The summed E-state index contributed by atoms with van der Waals surface area (Å²) in [6.45, 7) is 2.22. The fourth-order valence-electron chi connectivity index (χ4n) is 1.75. The van der Waals surface area contributed by atoms with Gasteiger partial charge in [0, 0.05) is 16.3 Å². The van der Waals surface area contributed by atoms with Crippen molar-refractivity contribution in [2.45, 2.75) is 36.4 Å². The van der Waals surface area contributed by atoms with Gasteiger partial charge in [-0.15, -0.1) is 11.8 Å². The molecule has 1 aliphatic heterocycles. The molecule has 3 heteroatoms. The molecule has 1 N–H and O–H groups in total. The van der Waals surface area contributed by atoms with Gasteiger partial charge in [-0.2, -0.15) is 0 Å². The third-order valence-electron chi connectivity index (χ3n) is 2.26. The van der Waals surface area contributed by atoms with Crippen LogP contribution in [0, 0.1) is 0 Å². The van der Waals surface area contributed by atoms with Gasteiger partial charge in [0.2, 0.25) is 0 Å². The first-order valence-corrected chi connectivity index (χ1v) is 5.34. The van der Waals surface area contributed by atoms with Gasteiger partial charge in [-0.25, -0.2) is 0 Å². The Morgan fingerprint density at radius 1 is 1.73 bits per heavy atom. The highest BCUT2D eigenvalue weighted by atomic mass is 35.5. The van der Waals surface area contributed by atoms with Gasteiger partial charge in [-0.1, -0.05) is 17.7 Å². The van der Waals surface area contributed by atoms with Crippen LogP contribution < -0.4 is 5.32 Å². The van der Waals surface area contributed by atoms with E-state index in [0.717, 1.165) is 23.1 Å². The Balaban J connectivity index is 2.06. The zero-order valence-electron chi connectivity index (χ0n) is 6.51. The molecule has 0 aromatic rings. The Hall–Kier alpha value is 0.340.